The Kier molecular flexibility index (Phi) is 6.62. The molecule has 1 amide bonds. The SMILES string of the molecule is COc1ccc(-c2cc(C(F)(F)F)n3ncc(C(=O)Nc4sc(C(C)=O)c(C)c4C#N)c3n2)cc1OC. The van der Waals surface area contributed by atoms with Crippen molar-refractivity contribution >= 4 is 33.7 Å². The smallest absolute Gasteiger partial charge is 0.433 e. The molecule has 0 radical (unpaired) electrons. The van der Waals surface area contributed by atoms with Crippen LogP contribution in [0.5, 0.6) is 11.5 Å². The van der Waals surface area contributed by atoms with Crippen molar-refractivity contribution in [2.24, 2.45) is 0 Å². The van der Waals surface area contributed by atoms with E-state index in [1.807, 2.05) is 6.07 Å². The molecule has 3 heterocycles. The molecule has 0 aliphatic heterocycles. The quantitative estimate of drug-likeness (QED) is 0.344. The monoisotopic (exact) mass is 529 g/mol. The van der Waals surface area contributed by atoms with Gasteiger partial charge in [-0.1, -0.05) is 0 Å². The molecule has 13 heteroatoms. The average molecular weight is 530 g/mol. The zero-order chi connectivity index (χ0) is 27.1. The lowest BCUT2D eigenvalue weighted by Crippen LogP contribution is -2.15. The average Bonchev–Trinajstić information content (AvgIpc) is 3.42. The number of ether oxygens (including phenoxy) is 2. The number of nitrogens with zero attached hydrogens (tertiary/aromatic N) is 4. The Morgan fingerprint density at radius 3 is 2.46 bits per heavy atom. The first-order valence-corrected chi connectivity index (χ1v) is 11.4. The van der Waals surface area contributed by atoms with Crippen molar-refractivity contribution in [2.75, 3.05) is 19.5 Å². The highest BCUT2D eigenvalue weighted by molar-refractivity contribution is 7.18. The van der Waals surface area contributed by atoms with Gasteiger partial charge >= 0.3 is 6.18 Å². The number of fused-ring (bicyclic) bond motifs is 1. The van der Waals surface area contributed by atoms with Crippen LogP contribution >= 0.6 is 11.3 Å². The van der Waals surface area contributed by atoms with E-state index < -0.39 is 17.8 Å². The Bertz CT molecular complexity index is 1600. The normalized spacial score (nSPS) is 11.3. The number of carbonyl (C=O) groups excluding carboxylic acids is 2. The minimum absolute atomic E-state index is 0.0844. The second kappa shape index (κ2) is 9.55. The number of carbonyl (C=O) groups is 2. The number of hydrogen-bond donors (Lipinski definition) is 1. The molecule has 3 aromatic heterocycles. The molecule has 0 atom stereocenters. The third-order valence-corrected chi connectivity index (χ3v) is 6.80. The molecule has 0 fully saturated rings. The summed E-state index contributed by atoms with van der Waals surface area (Å²) < 4.78 is 52.8. The summed E-state index contributed by atoms with van der Waals surface area (Å²) in [7, 11) is 2.81. The van der Waals surface area contributed by atoms with Gasteiger partial charge < -0.3 is 14.8 Å². The highest BCUT2D eigenvalue weighted by Crippen LogP contribution is 2.37. The van der Waals surface area contributed by atoms with Gasteiger partial charge in [-0.2, -0.15) is 23.5 Å². The van der Waals surface area contributed by atoms with Crippen LogP contribution in [0.25, 0.3) is 16.9 Å². The number of anilines is 1. The number of methoxy groups -OCH3 is 2. The number of nitriles is 1. The van der Waals surface area contributed by atoms with E-state index in [-0.39, 0.29) is 44.6 Å². The van der Waals surface area contributed by atoms with Crippen LogP contribution in [0, 0.1) is 18.3 Å². The Labute approximate surface area is 212 Å². The topological polar surface area (TPSA) is 119 Å². The number of nitrogens with one attached hydrogen (secondary N) is 1. The van der Waals surface area contributed by atoms with E-state index in [0.717, 1.165) is 23.6 Å². The van der Waals surface area contributed by atoms with Gasteiger partial charge in [0, 0.05) is 5.56 Å². The highest BCUT2D eigenvalue weighted by Gasteiger charge is 2.36. The Morgan fingerprint density at radius 2 is 1.86 bits per heavy atom. The summed E-state index contributed by atoms with van der Waals surface area (Å²) in [6.07, 6.45) is -3.86. The van der Waals surface area contributed by atoms with Crippen molar-refractivity contribution in [1.82, 2.24) is 14.6 Å². The molecule has 0 saturated heterocycles. The molecule has 4 rings (SSSR count). The molecular formula is C24H18F3N5O4S. The number of ketones is 1. The van der Waals surface area contributed by atoms with E-state index in [2.05, 4.69) is 15.4 Å². The largest absolute Gasteiger partial charge is 0.493 e. The van der Waals surface area contributed by atoms with Gasteiger partial charge in [-0.05, 0) is 43.7 Å². The van der Waals surface area contributed by atoms with Gasteiger partial charge in [0.1, 0.15) is 16.6 Å². The first-order chi connectivity index (χ1) is 17.5. The lowest BCUT2D eigenvalue weighted by molar-refractivity contribution is -0.142. The van der Waals surface area contributed by atoms with Gasteiger partial charge in [0.25, 0.3) is 5.91 Å². The van der Waals surface area contributed by atoms with Crippen LogP contribution in [-0.4, -0.2) is 40.5 Å². The molecule has 1 N–H and O–H groups in total. The van der Waals surface area contributed by atoms with E-state index in [1.165, 1.54) is 39.3 Å². The van der Waals surface area contributed by atoms with Crippen molar-refractivity contribution in [3.8, 4) is 28.8 Å². The number of benzene rings is 1. The maximum absolute atomic E-state index is 14.0. The van der Waals surface area contributed by atoms with Gasteiger partial charge in [-0.3, -0.25) is 9.59 Å². The van der Waals surface area contributed by atoms with Crippen molar-refractivity contribution < 1.29 is 32.2 Å². The summed E-state index contributed by atoms with van der Waals surface area (Å²) in [5, 5.41) is 15.9. The Hall–Kier alpha value is -4.44. The number of aromatic nitrogens is 3. The van der Waals surface area contributed by atoms with Crippen molar-refractivity contribution in [1.29, 1.82) is 5.26 Å². The van der Waals surface area contributed by atoms with E-state index in [1.54, 1.807) is 6.92 Å². The summed E-state index contributed by atoms with van der Waals surface area (Å²) in [5.74, 6) is -0.475. The maximum Gasteiger partial charge on any atom is 0.433 e. The molecule has 0 saturated carbocycles. The molecule has 0 unspecified atom stereocenters. The zero-order valence-corrected chi connectivity index (χ0v) is 20.7. The molecule has 0 bridgehead atoms. The Balaban J connectivity index is 1.86. The van der Waals surface area contributed by atoms with Gasteiger partial charge in [0.05, 0.1) is 36.6 Å². The predicted octanol–water partition coefficient (Wildman–Crippen LogP) is 5.13. The van der Waals surface area contributed by atoms with Crippen molar-refractivity contribution in [2.45, 2.75) is 20.0 Å². The molecule has 0 spiro atoms. The number of thiophene rings is 1. The van der Waals surface area contributed by atoms with Gasteiger partial charge in [-0.25, -0.2) is 9.50 Å². The lowest BCUT2D eigenvalue weighted by atomic mass is 10.1. The van der Waals surface area contributed by atoms with E-state index in [0.29, 0.717) is 20.7 Å². The van der Waals surface area contributed by atoms with Crippen LogP contribution in [0.1, 0.15) is 43.8 Å². The lowest BCUT2D eigenvalue weighted by Gasteiger charge is -2.13. The fraction of sp³-hybridized carbons (Fsp3) is 0.208. The van der Waals surface area contributed by atoms with Crippen molar-refractivity contribution in [3.05, 3.63) is 57.7 Å². The first kappa shape index (κ1) is 25.6. The molecule has 0 aliphatic rings. The maximum atomic E-state index is 14.0. The number of hydrogen-bond acceptors (Lipinski definition) is 8. The summed E-state index contributed by atoms with van der Waals surface area (Å²) in [5.41, 5.74) is -1.06. The van der Waals surface area contributed by atoms with Crippen LogP contribution in [0.3, 0.4) is 0 Å². The van der Waals surface area contributed by atoms with E-state index in [4.69, 9.17) is 9.47 Å². The molecule has 0 aliphatic carbocycles. The standard InChI is InChI=1S/C24H18F3N5O4S/c1-11-14(9-28)23(37-20(11)12(2)33)31-22(34)15-10-29-32-19(24(25,26)27)8-16(30-21(15)32)13-5-6-17(35-3)18(7-13)36-4/h5-8,10H,1-4H3,(H,31,34). The summed E-state index contributed by atoms with van der Waals surface area (Å²) >= 11 is 0.907. The highest BCUT2D eigenvalue weighted by atomic mass is 32.1. The summed E-state index contributed by atoms with van der Waals surface area (Å²) in [4.78, 5) is 29.6. The fourth-order valence-electron chi connectivity index (χ4n) is 3.71. The molecule has 190 valence electrons. The summed E-state index contributed by atoms with van der Waals surface area (Å²) in [6.45, 7) is 2.90. The third kappa shape index (κ3) is 4.58. The molecule has 9 nitrogen and oxygen atoms in total. The number of alkyl halides is 3. The second-order valence-corrected chi connectivity index (χ2v) is 8.79. The molecule has 1 aromatic carbocycles. The van der Waals surface area contributed by atoms with Crippen LogP contribution in [0.4, 0.5) is 18.2 Å². The third-order valence-electron chi connectivity index (χ3n) is 5.49. The van der Waals surface area contributed by atoms with Crippen LogP contribution in [0.15, 0.2) is 30.5 Å². The van der Waals surface area contributed by atoms with E-state index >= 15 is 0 Å². The molecule has 37 heavy (non-hydrogen) atoms. The van der Waals surface area contributed by atoms with Gasteiger partial charge in [0.2, 0.25) is 0 Å². The van der Waals surface area contributed by atoms with Crippen molar-refractivity contribution in [3.63, 3.8) is 0 Å². The minimum Gasteiger partial charge on any atom is -0.493 e. The second-order valence-electron chi connectivity index (χ2n) is 7.77. The number of rotatable bonds is 6. The number of halogens is 3. The Morgan fingerprint density at radius 1 is 1.16 bits per heavy atom. The summed E-state index contributed by atoms with van der Waals surface area (Å²) in [6, 6.07) is 7.25. The molecule has 4 aromatic rings. The molecular weight excluding hydrogens is 511 g/mol. The van der Waals surface area contributed by atoms with E-state index in [9.17, 15) is 28.0 Å². The van der Waals surface area contributed by atoms with Gasteiger partial charge in [-0.15, -0.1) is 11.3 Å². The van der Waals surface area contributed by atoms with Crippen LogP contribution in [0.2, 0.25) is 0 Å². The first-order valence-electron chi connectivity index (χ1n) is 10.5. The van der Waals surface area contributed by atoms with Crippen LogP contribution in [-0.2, 0) is 6.18 Å². The predicted molar refractivity (Wildman–Crippen MR) is 128 cm³/mol. The van der Waals surface area contributed by atoms with Gasteiger partial charge in [0.15, 0.2) is 28.6 Å². The zero-order valence-electron chi connectivity index (χ0n) is 19.9. The fourth-order valence-corrected chi connectivity index (χ4v) is 4.76. The minimum atomic E-state index is -4.82. The van der Waals surface area contributed by atoms with Crippen LogP contribution < -0.4 is 14.8 Å². The number of amides is 1. The number of Topliss-reactive ketones (excluding diaryl/α,β-unsaturated/α-hetero) is 1.